The van der Waals surface area contributed by atoms with Crippen molar-refractivity contribution in [1.82, 2.24) is 10.2 Å². The van der Waals surface area contributed by atoms with Crippen molar-refractivity contribution < 1.29 is 33.4 Å². The highest BCUT2D eigenvalue weighted by molar-refractivity contribution is 6.08. The van der Waals surface area contributed by atoms with Crippen molar-refractivity contribution >= 4 is 23.8 Å². The molecule has 1 N–H and O–H groups in total. The highest BCUT2D eigenvalue weighted by Gasteiger charge is 2.42. The summed E-state index contributed by atoms with van der Waals surface area (Å²) in [6.45, 7) is 6.33. The van der Waals surface area contributed by atoms with E-state index in [-0.39, 0.29) is 18.3 Å². The van der Waals surface area contributed by atoms with Crippen molar-refractivity contribution in [3.63, 3.8) is 0 Å². The number of hydrogen-bond donors (Lipinski definition) is 1. The molecule has 41 heavy (non-hydrogen) atoms. The van der Waals surface area contributed by atoms with Crippen molar-refractivity contribution in [2.24, 2.45) is 5.41 Å². The van der Waals surface area contributed by atoms with Gasteiger partial charge < -0.3 is 24.4 Å². The standard InChI is InChI=1S/C32H40N2O7/c1-32(2,3)28(29(36)34-20-11-16-26(34)30(37)39-4)33-31(38)41-22-12-21-40-24-14-10-9-13-23(18-19-24)25-15-7-5-6-8-17-27(25)35/h5,7-10,13-15,17-19,26,28H,6,11-12,16,20-22H2,1-4H3,(H,33,38)/b7-5-,10-9?,13-9?,14-10?,17-8-,19-18?,23-13?,23-18?,24-14?,24-19?,25-15?. The van der Waals surface area contributed by atoms with Gasteiger partial charge in [0.25, 0.3) is 0 Å². The summed E-state index contributed by atoms with van der Waals surface area (Å²) in [5.41, 5.74) is 0.756. The summed E-state index contributed by atoms with van der Waals surface area (Å²) >= 11 is 0. The summed E-state index contributed by atoms with van der Waals surface area (Å²) in [6.07, 6.45) is 21.7. The van der Waals surface area contributed by atoms with Crippen molar-refractivity contribution in [1.29, 1.82) is 0 Å². The first kappa shape index (κ1) is 31.4. The van der Waals surface area contributed by atoms with E-state index >= 15 is 0 Å². The Morgan fingerprint density at radius 1 is 1.02 bits per heavy atom. The van der Waals surface area contributed by atoms with Crippen LogP contribution in [0.4, 0.5) is 4.79 Å². The molecule has 1 saturated heterocycles. The fourth-order valence-corrected chi connectivity index (χ4v) is 4.57. The van der Waals surface area contributed by atoms with E-state index in [2.05, 4.69) is 5.32 Å². The highest BCUT2D eigenvalue weighted by atomic mass is 16.6. The number of methoxy groups -OCH3 is 1. The third-order valence-corrected chi connectivity index (χ3v) is 6.77. The third-order valence-electron chi connectivity index (χ3n) is 6.77. The summed E-state index contributed by atoms with van der Waals surface area (Å²) in [6, 6.07) is -1.52. The van der Waals surface area contributed by atoms with E-state index in [1.54, 1.807) is 12.2 Å². The zero-order chi connectivity index (χ0) is 29.8. The third kappa shape index (κ3) is 9.20. The Labute approximate surface area is 242 Å². The largest absolute Gasteiger partial charge is 0.493 e. The predicted molar refractivity (Wildman–Crippen MR) is 155 cm³/mol. The van der Waals surface area contributed by atoms with Gasteiger partial charge in [0.15, 0.2) is 5.78 Å². The number of allylic oxidation sites excluding steroid dienone is 13. The Kier molecular flexibility index (Phi) is 11.5. The minimum absolute atomic E-state index is 0.0554. The van der Waals surface area contributed by atoms with Gasteiger partial charge in [0.05, 0.1) is 20.3 Å². The topological polar surface area (TPSA) is 111 Å². The van der Waals surface area contributed by atoms with Crippen LogP contribution in [0.1, 0.15) is 46.5 Å². The monoisotopic (exact) mass is 564 g/mol. The number of rotatable bonds is 9. The molecule has 0 aromatic carbocycles. The first-order valence-corrected chi connectivity index (χ1v) is 13.9. The zero-order valence-electron chi connectivity index (χ0n) is 24.3. The van der Waals surface area contributed by atoms with Crippen LogP contribution in [-0.4, -0.2) is 67.6 Å². The number of hydrogen-bond acceptors (Lipinski definition) is 7. The molecule has 1 fully saturated rings. The maximum Gasteiger partial charge on any atom is 0.407 e. The van der Waals surface area contributed by atoms with Crippen molar-refractivity contribution in [3.8, 4) is 0 Å². The number of ether oxygens (including phenoxy) is 3. The minimum atomic E-state index is -0.874. The molecule has 2 atom stereocenters. The molecule has 0 radical (unpaired) electrons. The summed E-state index contributed by atoms with van der Waals surface area (Å²) in [5.74, 6) is -0.243. The number of nitrogens with zero attached hydrogens (tertiary/aromatic N) is 1. The first-order chi connectivity index (χ1) is 19.6. The number of nitrogens with one attached hydrogen (secondary N) is 1. The molecular weight excluding hydrogens is 524 g/mol. The fraction of sp³-hybridized carbons (Fsp3) is 0.438. The summed E-state index contributed by atoms with van der Waals surface area (Å²) in [4.78, 5) is 52.0. The molecule has 0 saturated carbocycles. The molecule has 0 aromatic rings. The second-order valence-corrected chi connectivity index (χ2v) is 10.9. The van der Waals surface area contributed by atoms with Crippen LogP contribution in [-0.2, 0) is 28.6 Å². The number of esters is 1. The first-order valence-electron chi connectivity index (χ1n) is 13.9. The molecule has 0 spiro atoms. The lowest BCUT2D eigenvalue weighted by molar-refractivity contribution is -0.152. The van der Waals surface area contributed by atoms with Crippen LogP contribution >= 0.6 is 0 Å². The van der Waals surface area contributed by atoms with Crippen LogP contribution in [0.3, 0.4) is 0 Å². The lowest BCUT2D eigenvalue weighted by Crippen LogP contribution is -2.56. The molecule has 9 heteroatoms. The van der Waals surface area contributed by atoms with Crippen LogP contribution in [0.5, 0.6) is 0 Å². The van der Waals surface area contributed by atoms with Gasteiger partial charge in [-0.25, -0.2) is 9.59 Å². The molecule has 0 aromatic heterocycles. The zero-order valence-corrected chi connectivity index (χ0v) is 24.3. The van der Waals surface area contributed by atoms with Crippen LogP contribution in [0.15, 0.2) is 83.7 Å². The van der Waals surface area contributed by atoms with Gasteiger partial charge >= 0.3 is 12.1 Å². The van der Waals surface area contributed by atoms with E-state index in [0.29, 0.717) is 43.7 Å². The molecule has 2 amide bonds. The van der Waals surface area contributed by atoms with Crippen LogP contribution in [0.25, 0.3) is 0 Å². The smallest absolute Gasteiger partial charge is 0.407 e. The van der Waals surface area contributed by atoms with Crippen LogP contribution < -0.4 is 5.32 Å². The molecule has 1 aliphatic heterocycles. The summed E-state index contributed by atoms with van der Waals surface area (Å²) in [5, 5.41) is 2.69. The van der Waals surface area contributed by atoms with E-state index in [0.717, 1.165) is 12.0 Å². The summed E-state index contributed by atoms with van der Waals surface area (Å²) in [7, 11) is 1.30. The Balaban J connectivity index is 1.51. The summed E-state index contributed by atoms with van der Waals surface area (Å²) < 4.78 is 16.0. The van der Waals surface area contributed by atoms with Gasteiger partial charge in [-0.3, -0.25) is 9.59 Å². The average molecular weight is 565 g/mol. The molecule has 220 valence electrons. The number of carbonyl (C=O) groups excluding carboxylic acids is 4. The SMILES string of the molecule is COC(=O)C1CCCN1C(=O)C(NC(=O)OCCCOC1=CC=C(C2=C/C=C\C/C=C\C2=O)C=CC=C1)C(C)(C)C. The van der Waals surface area contributed by atoms with E-state index in [1.165, 1.54) is 12.0 Å². The van der Waals surface area contributed by atoms with Gasteiger partial charge in [-0.1, -0.05) is 69.4 Å². The maximum absolute atomic E-state index is 13.3. The number of carbonyl (C=O) groups is 4. The minimum Gasteiger partial charge on any atom is -0.493 e. The molecule has 9 nitrogen and oxygen atoms in total. The van der Waals surface area contributed by atoms with Crippen LogP contribution in [0, 0.1) is 5.41 Å². The normalized spacial score (nSPS) is 21.2. The van der Waals surface area contributed by atoms with Gasteiger partial charge in [0, 0.05) is 18.5 Å². The van der Waals surface area contributed by atoms with E-state index in [9.17, 15) is 19.2 Å². The van der Waals surface area contributed by atoms with E-state index in [4.69, 9.17) is 14.2 Å². The van der Waals surface area contributed by atoms with Crippen molar-refractivity contribution in [3.05, 3.63) is 83.7 Å². The van der Waals surface area contributed by atoms with Gasteiger partial charge in [-0.05, 0) is 48.5 Å². The van der Waals surface area contributed by atoms with E-state index < -0.39 is 29.6 Å². The Morgan fingerprint density at radius 2 is 1.80 bits per heavy atom. The number of alkyl carbamates (subject to hydrolysis) is 1. The van der Waals surface area contributed by atoms with Crippen molar-refractivity contribution in [2.75, 3.05) is 26.9 Å². The second-order valence-electron chi connectivity index (χ2n) is 10.9. The molecule has 0 bridgehead atoms. The van der Waals surface area contributed by atoms with Crippen LogP contribution in [0.2, 0.25) is 0 Å². The van der Waals surface area contributed by atoms with Crippen molar-refractivity contribution in [2.45, 2.75) is 58.5 Å². The lowest BCUT2D eigenvalue weighted by Gasteiger charge is -2.34. The number of amides is 2. The molecule has 3 aliphatic rings. The molecular formula is C32H40N2O7. The van der Waals surface area contributed by atoms with Gasteiger partial charge in [-0.2, -0.15) is 0 Å². The molecule has 1 heterocycles. The predicted octanol–water partition coefficient (Wildman–Crippen LogP) is 4.65. The average Bonchev–Trinajstić information content (AvgIpc) is 3.40. The quantitative estimate of drug-likeness (QED) is 0.321. The molecule has 2 unspecified atom stereocenters. The van der Waals surface area contributed by atoms with Gasteiger partial charge in [0.2, 0.25) is 5.91 Å². The van der Waals surface area contributed by atoms with E-state index in [1.807, 2.05) is 75.5 Å². The Morgan fingerprint density at radius 3 is 2.56 bits per heavy atom. The Bertz CT molecular complexity index is 1210. The van der Waals surface area contributed by atoms with Gasteiger partial charge in [0.1, 0.15) is 17.8 Å². The Hall–Kier alpha value is -4.14. The maximum atomic E-state index is 13.3. The lowest BCUT2D eigenvalue weighted by atomic mass is 9.85. The number of ketones is 1. The molecule has 3 rings (SSSR count). The highest BCUT2D eigenvalue weighted by Crippen LogP contribution is 2.26. The fourth-order valence-electron chi connectivity index (χ4n) is 4.57. The second kappa shape index (κ2) is 15.0. The van der Waals surface area contributed by atoms with Gasteiger partial charge in [-0.15, -0.1) is 0 Å². The molecule has 2 aliphatic carbocycles. The number of likely N-dealkylation sites (tertiary alicyclic amines) is 1.